The Labute approximate surface area is 78.5 Å². The molecule has 2 N–H and O–H groups in total. The largest absolute Gasteiger partial charge is 0.468 e. The number of halogens is 3. The Morgan fingerprint density at radius 3 is 1.90 bits per heavy atom. The number of rotatable bonds is 2. The van der Waals surface area contributed by atoms with Crippen LogP contribution in [0.15, 0.2) is 0 Å². The van der Waals surface area contributed by atoms with E-state index in [0.29, 0.717) is 0 Å². The second-order valence-corrected chi connectivity index (χ2v) is 1.28. The van der Waals surface area contributed by atoms with Crippen molar-refractivity contribution in [3.63, 3.8) is 0 Å². The Balaban J connectivity index is -0.000000245. The van der Waals surface area contributed by atoms with Gasteiger partial charge in [-0.15, -0.1) is 9.06 Å². The maximum absolute atomic E-state index is 10.9. The van der Waals surface area contributed by atoms with Gasteiger partial charge in [-0.25, -0.2) is 5.26 Å². The summed E-state index contributed by atoms with van der Waals surface area (Å²) in [5.41, 5.74) is 0. The summed E-state index contributed by atoms with van der Waals surface area (Å²) in [6.45, 7) is 0. The third-order valence-electron chi connectivity index (χ3n) is 0.195. The third kappa shape index (κ3) is 15.7. The van der Waals surface area contributed by atoms with Gasteiger partial charge in [0.25, 0.3) is 0 Å². The van der Waals surface area contributed by atoms with E-state index in [-0.39, 0.29) is 44.9 Å². The van der Waals surface area contributed by atoms with Crippen molar-refractivity contribution in [1.82, 2.24) is 4.72 Å². The molecule has 0 aliphatic heterocycles. The minimum atomic E-state index is -4.52. The van der Waals surface area contributed by atoms with Crippen LogP contribution in [-0.2, 0) is 37.0 Å². The molecule has 10 heavy (non-hydrogen) atoms. The van der Waals surface area contributed by atoms with Gasteiger partial charge in [-0.1, -0.05) is 0 Å². The molecule has 0 saturated carbocycles. The fraction of sp³-hybridized carbons (Fsp3) is 1.00. The normalized spacial score (nSPS) is 9.60. The van der Waals surface area contributed by atoms with Gasteiger partial charge in [0.2, 0.25) is 0 Å². The average Bonchev–Trinajstić information content (AvgIpc) is 1.59. The zero-order valence-corrected chi connectivity index (χ0v) is 14.7. The van der Waals surface area contributed by atoms with Gasteiger partial charge in [0, 0.05) is 32.7 Å². The molecular formula is CH2F3NO2RfSY. The van der Waals surface area contributed by atoms with E-state index in [1.54, 1.807) is 0 Å². The fourth-order valence-electron chi connectivity index (χ4n) is 0.0659. The van der Waals surface area contributed by atoms with E-state index < -0.39 is 6.30 Å². The molecule has 0 amide bonds. The van der Waals surface area contributed by atoms with Gasteiger partial charge in [0.05, 0.1) is 0 Å². The van der Waals surface area contributed by atoms with Crippen molar-refractivity contribution in [2.45, 2.75) is 6.30 Å². The molecule has 0 aromatic heterocycles. The predicted octanol–water partition coefficient (Wildman–Crippen LogP) is 1.15. The van der Waals surface area contributed by atoms with Crippen LogP contribution in [0, 0.1) is 0 Å². The molecule has 0 bridgehead atoms. The number of nitrogens with one attached hydrogen (secondary N) is 1. The van der Waals surface area contributed by atoms with Crippen molar-refractivity contribution >= 4 is 12.2 Å². The van der Waals surface area contributed by atoms with Gasteiger partial charge < -0.3 is 0 Å². The van der Waals surface area contributed by atoms with Crippen LogP contribution in [0.5, 0.6) is 0 Å². The van der Waals surface area contributed by atoms with E-state index >= 15 is 0 Å². The zero-order valence-electron chi connectivity index (χ0n) is 4.68. The molecule has 0 atom stereocenters. The van der Waals surface area contributed by atoms with Crippen LogP contribution in [0.4, 0.5) is 13.2 Å². The van der Waals surface area contributed by atoms with Gasteiger partial charge in [0.15, 0.2) is 0 Å². The summed E-state index contributed by atoms with van der Waals surface area (Å²) in [7, 11) is 0. The second-order valence-electron chi connectivity index (χ2n) is 0.758. The number of alkyl halides is 3. The van der Waals surface area contributed by atoms with Crippen molar-refractivity contribution in [2.75, 3.05) is 0 Å². The van der Waals surface area contributed by atoms with Crippen molar-refractivity contribution in [1.29, 1.82) is 0 Å². The Morgan fingerprint density at radius 1 is 1.40 bits per heavy atom. The summed E-state index contributed by atoms with van der Waals surface area (Å²) in [5, 5.41) is 7.33. The summed E-state index contributed by atoms with van der Waals surface area (Å²) in [5.74, 6) is 0. The van der Waals surface area contributed by atoms with Gasteiger partial charge in [-0.3, -0.25) is 0 Å². The molecule has 1 radical (unpaired) electrons. The Kier molecular flexibility index (Phi) is 12.0. The van der Waals surface area contributed by atoms with E-state index in [4.69, 9.17) is 5.26 Å². The summed E-state index contributed by atoms with van der Waals surface area (Å²) < 4.78 is 36.6. The zero-order chi connectivity index (χ0) is 6.62. The maximum atomic E-state index is 10.9. The molecular weight excluding hydrogens is 503 g/mol. The first-order chi connectivity index (χ1) is 3.56. The minimum Gasteiger partial charge on any atom is -0.238 e. The average molecular weight is 505 g/mol. The number of hydrogen-bond acceptors (Lipinski definition) is 4. The Hall–Kier alpha value is 0.124. The van der Waals surface area contributed by atoms with Crippen LogP contribution in [0.2, 0.25) is 0 Å². The van der Waals surface area contributed by atoms with Crippen LogP contribution in [0.25, 0.3) is 0 Å². The molecule has 0 aliphatic rings. The van der Waals surface area contributed by atoms with E-state index in [2.05, 4.69) is 4.33 Å². The molecule has 55 valence electrons. The minimum absolute atomic E-state index is 0. The first-order valence-corrected chi connectivity index (χ1v) is 2.11. The Morgan fingerprint density at radius 2 is 1.80 bits per heavy atom. The summed E-state index contributed by atoms with van der Waals surface area (Å²) >= 11 is -0.304. The van der Waals surface area contributed by atoms with Gasteiger partial charge in [-0.2, -0.15) is 13.2 Å². The second kappa shape index (κ2) is 7.23. The van der Waals surface area contributed by atoms with Crippen LogP contribution < -0.4 is 4.72 Å². The number of hydrogen-bond donors (Lipinski definition) is 2. The van der Waals surface area contributed by atoms with Gasteiger partial charge in [-0.05, 0) is 0 Å². The topological polar surface area (TPSA) is 41.5 Å². The Bertz CT molecular complexity index is 74.0. The van der Waals surface area contributed by atoms with Crippen molar-refractivity contribution in [3.05, 3.63) is 0 Å². The van der Waals surface area contributed by atoms with E-state index in [1.807, 2.05) is 0 Å². The fourth-order valence-corrected chi connectivity index (χ4v) is 0.198. The molecule has 0 saturated heterocycles. The molecule has 0 fully saturated rings. The van der Waals surface area contributed by atoms with Gasteiger partial charge in [0.1, 0.15) is 12.2 Å². The summed E-state index contributed by atoms with van der Waals surface area (Å²) in [6, 6.07) is 0. The predicted molar refractivity (Wildman–Crippen MR) is 20.5 cm³/mol. The van der Waals surface area contributed by atoms with E-state index in [0.717, 1.165) is 4.72 Å². The SMILES string of the molecule is OOSNC(F)(F)F.[Rf].[Y]. The molecule has 0 spiro atoms. The molecule has 0 aromatic rings. The first kappa shape index (κ1) is 16.6. The smallest absolute Gasteiger partial charge is 0.238 e. The molecule has 9 heteroatoms. The summed E-state index contributed by atoms with van der Waals surface area (Å²) in [4.78, 5) is 0. The summed E-state index contributed by atoms with van der Waals surface area (Å²) in [6.07, 6.45) is -4.52. The van der Waals surface area contributed by atoms with Crippen LogP contribution in [0.3, 0.4) is 0 Å². The van der Waals surface area contributed by atoms with Crippen molar-refractivity contribution < 1.29 is 55.5 Å². The maximum Gasteiger partial charge on any atom is 0.468 e. The molecule has 0 heterocycles. The monoisotopic (exact) mass is 505 g/mol. The molecule has 0 unspecified atom stereocenters. The van der Waals surface area contributed by atoms with Gasteiger partial charge >= 0.3 is 6.30 Å². The van der Waals surface area contributed by atoms with Crippen LogP contribution >= 0.6 is 12.2 Å². The van der Waals surface area contributed by atoms with Crippen molar-refractivity contribution in [3.8, 4) is 0 Å². The quantitative estimate of drug-likeness (QED) is 0.195. The van der Waals surface area contributed by atoms with Crippen LogP contribution in [-0.4, -0.2) is 11.6 Å². The van der Waals surface area contributed by atoms with Crippen LogP contribution in [0.1, 0.15) is 0 Å². The first-order valence-electron chi connectivity index (χ1n) is 1.37. The standard InChI is InChI=1S/CH2F3NO2S.Rf.Y/c2-1(3,4)5-8-7-6;;/h5-6H;;. The third-order valence-corrected chi connectivity index (χ3v) is 0.584. The van der Waals surface area contributed by atoms with E-state index in [9.17, 15) is 13.2 Å². The van der Waals surface area contributed by atoms with Crippen molar-refractivity contribution in [2.24, 2.45) is 0 Å². The molecule has 0 rings (SSSR count). The molecule has 3 nitrogen and oxygen atoms in total. The molecule has 0 aromatic carbocycles. The molecule has 0 aliphatic carbocycles. The van der Waals surface area contributed by atoms with E-state index in [1.165, 1.54) is 0 Å².